The Bertz CT molecular complexity index is 1740. The van der Waals surface area contributed by atoms with Gasteiger partial charge in [-0.3, -0.25) is 9.59 Å². The number of fused-ring (bicyclic) bond motifs is 7. The molecule has 0 aromatic heterocycles. The van der Waals surface area contributed by atoms with E-state index >= 15 is 0 Å². The quantitative estimate of drug-likeness (QED) is 0.166. The van der Waals surface area contributed by atoms with E-state index in [2.05, 4.69) is 27.7 Å². The predicted molar refractivity (Wildman–Crippen MR) is 205 cm³/mol. The number of hydrogen-bond acceptors (Lipinski definition) is 13. The summed E-state index contributed by atoms with van der Waals surface area (Å²) >= 11 is 0. The van der Waals surface area contributed by atoms with Crippen molar-refractivity contribution in [1.82, 2.24) is 6.15 Å². The minimum absolute atomic E-state index is 0. The van der Waals surface area contributed by atoms with Crippen LogP contribution in [0.25, 0.3) is 0 Å². The number of allylic oxidation sites excluding steroid dienone is 2. The largest absolute Gasteiger partial charge is 0.481 e. The Labute approximate surface area is 344 Å². The van der Waals surface area contributed by atoms with Crippen LogP contribution in [0.4, 0.5) is 0 Å². The van der Waals surface area contributed by atoms with Crippen LogP contribution in [0.15, 0.2) is 11.6 Å². The van der Waals surface area contributed by atoms with Gasteiger partial charge in [0.1, 0.15) is 36.6 Å². The molecule has 0 spiro atoms. The summed E-state index contributed by atoms with van der Waals surface area (Å²) in [5, 5.41) is 83.0. The molecule has 4 saturated carbocycles. The van der Waals surface area contributed by atoms with Gasteiger partial charge in [-0.25, -0.2) is 9.59 Å². The normalized spacial score (nSPS) is 51.7. The minimum atomic E-state index is -2.05. The van der Waals surface area contributed by atoms with Gasteiger partial charge in [0.05, 0.1) is 11.5 Å². The van der Waals surface area contributed by atoms with Crippen molar-refractivity contribution >= 4 is 23.7 Å². The van der Waals surface area contributed by atoms with Gasteiger partial charge in [0.25, 0.3) is 0 Å². The van der Waals surface area contributed by atoms with Crippen LogP contribution in [-0.4, -0.2) is 132 Å². The fourth-order valence-corrected chi connectivity index (χ4v) is 13.4. The fraction of sp³-hybridized carbons (Fsp3) is 0.857. The summed E-state index contributed by atoms with van der Waals surface area (Å²) < 4.78 is 23.4. The first kappa shape index (κ1) is 45.9. The number of ketones is 1. The highest BCUT2D eigenvalue weighted by Gasteiger charge is 2.71. The molecule has 2 aliphatic heterocycles. The maximum Gasteiger partial charge on any atom is 0.335 e. The molecule has 2 heterocycles. The number of ether oxygens (including phenoxy) is 4. The van der Waals surface area contributed by atoms with Crippen LogP contribution in [0.5, 0.6) is 0 Å². The molecule has 0 radical (unpaired) electrons. The third kappa shape index (κ3) is 6.72. The van der Waals surface area contributed by atoms with Crippen molar-refractivity contribution in [3.8, 4) is 0 Å². The van der Waals surface area contributed by atoms with E-state index in [4.69, 9.17) is 18.9 Å². The van der Waals surface area contributed by atoms with E-state index in [0.717, 1.165) is 37.7 Å². The van der Waals surface area contributed by atoms with Gasteiger partial charge in [-0.2, -0.15) is 0 Å². The molecule has 7 aliphatic rings. The lowest BCUT2D eigenvalue weighted by atomic mass is 9.33. The third-order valence-corrected chi connectivity index (χ3v) is 17.2. The Morgan fingerprint density at radius 2 is 1.27 bits per heavy atom. The van der Waals surface area contributed by atoms with Crippen molar-refractivity contribution in [2.24, 2.45) is 50.2 Å². The number of carboxylic acid groups (broad SMARTS) is 3. The zero-order valence-corrected chi connectivity index (χ0v) is 35.4. The summed E-state index contributed by atoms with van der Waals surface area (Å²) in [6, 6.07) is 0. The summed E-state index contributed by atoms with van der Waals surface area (Å²) in [6.45, 7) is 14.8. The molecule has 17 heteroatoms. The minimum Gasteiger partial charge on any atom is -0.481 e. The molecule has 19 atom stereocenters. The van der Waals surface area contributed by atoms with E-state index in [-0.39, 0.29) is 40.5 Å². The Balaban J connectivity index is 0.00000585. The fourth-order valence-electron chi connectivity index (χ4n) is 13.4. The van der Waals surface area contributed by atoms with E-state index in [1.807, 2.05) is 26.8 Å². The zero-order valence-electron chi connectivity index (χ0n) is 35.4. The van der Waals surface area contributed by atoms with E-state index in [1.165, 1.54) is 0 Å². The van der Waals surface area contributed by atoms with Gasteiger partial charge in [-0.05, 0) is 110 Å². The van der Waals surface area contributed by atoms with Crippen molar-refractivity contribution in [2.45, 2.75) is 174 Å². The standard InChI is InChI=1S/C42H62O16.H3N/c1-37(2)21-8-11-42(7)31(20(43)16-18-19-17-39(4,36(53)54)13-12-38(19,3)14-15-41(18,42)6)40(21,5)10-9-22(37)55-35-30(26(47)25(46)29(57-35)33(51)52)58-34-27(48)23(44)24(45)28(56-34)32(49)50;/h16,19,21-31,34-35,44-48H,8-15,17H2,1-7H3,(H,49,50)(H,51,52)(H,53,54);1H3/p+1/t19-,21-,22-,23-,24-,25-,26-,27+,28-,29-,30+,31+,34-,35-,38+,39-,40-,41+,42+;/m0./s1. The molecule has 0 amide bonds. The van der Waals surface area contributed by atoms with Crippen molar-refractivity contribution in [2.75, 3.05) is 0 Å². The number of aliphatic hydroxyl groups excluding tert-OH is 5. The molecule has 2 saturated heterocycles. The molecule has 17 nitrogen and oxygen atoms in total. The molecule has 0 bridgehead atoms. The van der Waals surface area contributed by atoms with E-state index in [9.17, 15) is 60.0 Å². The van der Waals surface area contributed by atoms with Crippen molar-refractivity contribution in [3.05, 3.63) is 11.6 Å². The van der Waals surface area contributed by atoms with E-state index in [0.29, 0.717) is 25.7 Å². The molecular formula is C42H66NO16+. The Kier molecular flexibility index (Phi) is 11.7. The third-order valence-electron chi connectivity index (χ3n) is 17.2. The smallest absolute Gasteiger partial charge is 0.335 e. The maximum atomic E-state index is 14.8. The molecule has 0 aromatic carbocycles. The predicted octanol–water partition coefficient (Wildman–Crippen LogP) is 2.62. The molecule has 6 fully saturated rings. The average molecular weight is 841 g/mol. The van der Waals surface area contributed by atoms with Crippen LogP contribution >= 0.6 is 0 Å². The number of hydrogen-bond donors (Lipinski definition) is 9. The molecule has 5 aliphatic carbocycles. The van der Waals surface area contributed by atoms with Crippen LogP contribution in [0.3, 0.4) is 0 Å². The van der Waals surface area contributed by atoms with Crippen LogP contribution < -0.4 is 6.15 Å². The summed E-state index contributed by atoms with van der Waals surface area (Å²) in [6.07, 6.45) is -12.2. The van der Waals surface area contributed by atoms with Gasteiger partial charge in [0, 0.05) is 5.92 Å². The first-order valence-electron chi connectivity index (χ1n) is 20.7. The molecule has 0 unspecified atom stereocenters. The second-order valence-electron chi connectivity index (χ2n) is 20.6. The maximum absolute atomic E-state index is 14.8. The number of rotatable bonds is 7. The number of carboxylic acids is 3. The first-order chi connectivity index (χ1) is 26.8. The lowest BCUT2D eigenvalue weighted by Crippen LogP contribution is -2.68. The van der Waals surface area contributed by atoms with Crippen LogP contribution in [-0.2, 0) is 38.1 Å². The second kappa shape index (κ2) is 15.1. The van der Waals surface area contributed by atoms with Gasteiger partial charge in [0.2, 0.25) is 0 Å². The number of aliphatic carboxylic acids is 3. The average Bonchev–Trinajstić information content (AvgIpc) is 3.13. The highest BCUT2D eigenvalue weighted by atomic mass is 16.8. The van der Waals surface area contributed by atoms with Gasteiger partial charge in [-0.15, -0.1) is 0 Å². The van der Waals surface area contributed by atoms with Gasteiger partial charge in [0.15, 0.2) is 30.6 Å². The number of quaternary nitrogens is 1. The topological polar surface area (TPSA) is 304 Å². The Morgan fingerprint density at radius 3 is 1.86 bits per heavy atom. The highest BCUT2D eigenvalue weighted by molar-refractivity contribution is 5.95. The summed E-state index contributed by atoms with van der Waals surface area (Å²) in [5.74, 6) is -4.47. The van der Waals surface area contributed by atoms with Gasteiger partial charge in [-0.1, -0.05) is 47.1 Å². The summed E-state index contributed by atoms with van der Waals surface area (Å²) in [5.41, 5.74) is -1.81. The van der Waals surface area contributed by atoms with Gasteiger partial charge >= 0.3 is 17.9 Å². The van der Waals surface area contributed by atoms with Crippen LogP contribution in [0, 0.1) is 50.2 Å². The molecular weight excluding hydrogens is 774 g/mol. The lowest BCUT2D eigenvalue weighted by molar-refractivity contribution is -0.371. The monoisotopic (exact) mass is 840 g/mol. The number of aliphatic hydroxyl groups is 5. The first-order valence-corrected chi connectivity index (χ1v) is 20.7. The molecule has 0 aromatic rings. The number of carbonyl (C=O) groups excluding carboxylic acids is 1. The molecule has 59 heavy (non-hydrogen) atoms. The SMILES string of the molecule is CC1(C)[C@@H](O[C@H]2O[C@H](C(=O)O)[C@@H](O)[C@H](O)[C@H]2O[C@@H]2O[C@H](C(=O)O)[C@@H](O)[C@H](O)[C@H]2O)CC[C@]2(C)[C@H]3C(=O)C=C4[C@@H]5C[C@@](C)(C(=O)O)CC[C@]5(C)CC[C@@]4(C)[C@]3(C)CC[C@@H]12.[NH4+]. The highest BCUT2D eigenvalue weighted by Crippen LogP contribution is 2.75. The summed E-state index contributed by atoms with van der Waals surface area (Å²) in [7, 11) is 0. The van der Waals surface area contributed by atoms with Crippen LogP contribution in [0.2, 0.25) is 0 Å². The Hall–Kier alpha value is -2.58. The molecule has 334 valence electrons. The van der Waals surface area contributed by atoms with Crippen molar-refractivity contribution < 1.29 is 79.0 Å². The van der Waals surface area contributed by atoms with Gasteiger partial charge < -0.3 is 66.0 Å². The van der Waals surface area contributed by atoms with E-state index < -0.39 is 107 Å². The number of carbonyl (C=O) groups is 4. The Morgan fingerprint density at radius 1 is 0.695 bits per heavy atom. The molecule has 7 rings (SSSR count). The lowest BCUT2D eigenvalue weighted by Gasteiger charge is -2.70. The van der Waals surface area contributed by atoms with E-state index in [1.54, 1.807) is 0 Å². The van der Waals surface area contributed by atoms with Crippen molar-refractivity contribution in [1.29, 1.82) is 0 Å². The van der Waals surface area contributed by atoms with Crippen molar-refractivity contribution in [3.63, 3.8) is 0 Å². The molecule has 12 N–H and O–H groups in total. The zero-order chi connectivity index (χ0) is 42.9. The van der Waals surface area contributed by atoms with Crippen LogP contribution in [0.1, 0.15) is 106 Å². The second-order valence-corrected chi connectivity index (χ2v) is 20.6. The summed E-state index contributed by atoms with van der Waals surface area (Å²) in [4.78, 5) is 51.3.